The van der Waals surface area contributed by atoms with Gasteiger partial charge in [-0.25, -0.2) is 9.59 Å². The predicted octanol–water partition coefficient (Wildman–Crippen LogP) is 1.64. The predicted molar refractivity (Wildman–Crippen MR) is 101 cm³/mol. The number of hydrogen-bond acceptors (Lipinski definition) is 7. The van der Waals surface area contributed by atoms with Gasteiger partial charge in [0, 0.05) is 12.8 Å². The van der Waals surface area contributed by atoms with Gasteiger partial charge in [0.15, 0.2) is 0 Å². The Balaban J connectivity index is 0.00000364. The molecule has 0 aliphatic carbocycles. The molecule has 1 aliphatic heterocycles. The molecular formula is C18H25ClN2O6. The van der Waals surface area contributed by atoms with E-state index < -0.39 is 17.4 Å². The van der Waals surface area contributed by atoms with Crippen LogP contribution in [0.25, 0.3) is 0 Å². The third kappa shape index (κ3) is 5.41. The number of benzene rings is 1. The van der Waals surface area contributed by atoms with E-state index in [9.17, 15) is 14.4 Å². The van der Waals surface area contributed by atoms with E-state index in [0.29, 0.717) is 38.2 Å². The first-order valence-corrected chi connectivity index (χ1v) is 8.28. The van der Waals surface area contributed by atoms with Crippen molar-refractivity contribution in [2.75, 3.05) is 46.3 Å². The molecular weight excluding hydrogens is 376 g/mol. The smallest absolute Gasteiger partial charge is 0.337 e. The number of carbonyl (C=O) groups is 3. The molecule has 1 fully saturated rings. The number of hydrogen-bond donors (Lipinski definition) is 2. The van der Waals surface area contributed by atoms with Crippen LogP contribution in [0.2, 0.25) is 0 Å². The van der Waals surface area contributed by atoms with Crippen molar-refractivity contribution in [2.45, 2.75) is 12.8 Å². The molecule has 0 bridgehead atoms. The Kier molecular flexibility index (Phi) is 8.68. The van der Waals surface area contributed by atoms with Crippen molar-refractivity contribution in [1.29, 1.82) is 0 Å². The normalized spacial score (nSPS) is 15.2. The number of esters is 2. The maximum atomic E-state index is 12.9. The largest absolute Gasteiger partial charge is 0.465 e. The van der Waals surface area contributed by atoms with Gasteiger partial charge < -0.3 is 24.8 Å². The van der Waals surface area contributed by atoms with Crippen molar-refractivity contribution in [1.82, 2.24) is 5.32 Å². The van der Waals surface area contributed by atoms with Gasteiger partial charge in [-0.1, -0.05) is 0 Å². The maximum absolute atomic E-state index is 12.9. The Morgan fingerprint density at radius 1 is 1.00 bits per heavy atom. The van der Waals surface area contributed by atoms with Crippen LogP contribution in [-0.2, 0) is 19.0 Å². The standard InChI is InChI=1S/C18H24N2O6.ClH/c1-24-11-18(4-6-19-7-5-18)17(23)20-14-9-12(15(21)25-2)8-13(10-14)16(22)26-3;/h8-10,19H,4-7,11H2,1-3H3,(H,20,23);1H. The van der Waals surface area contributed by atoms with Crippen LogP contribution in [0.3, 0.4) is 0 Å². The first-order valence-electron chi connectivity index (χ1n) is 8.28. The van der Waals surface area contributed by atoms with E-state index in [1.165, 1.54) is 32.4 Å². The lowest BCUT2D eigenvalue weighted by atomic mass is 9.78. The minimum Gasteiger partial charge on any atom is -0.465 e. The fourth-order valence-corrected chi connectivity index (χ4v) is 3.05. The van der Waals surface area contributed by atoms with Gasteiger partial charge in [0.25, 0.3) is 0 Å². The number of methoxy groups -OCH3 is 3. The molecule has 0 unspecified atom stereocenters. The van der Waals surface area contributed by atoms with Gasteiger partial charge in [0.1, 0.15) is 0 Å². The number of rotatable bonds is 6. The molecule has 2 rings (SSSR count). The summed E-state index contributed by atoms with van der Waals surface area (Å²) in [7, 11) is 4.05. The fourth-order valence-electron chi connectivity index (χ4n) is 3.05. The SMILES string of the molecule is COCC1(C(=O)Nc2cc(C(=O)OC)cc(C(=O)OC)c2)CCNCC1.Cl. The highest BCUT2D eigenvalue weighted by atomic mass is 35.5. The molecule has 1 amide bonds. The Morgan fingerprint density at radius 3 is 1.96 bits per heavy atom. The molecule has 1 aliphatic rings. The van der Waals surface area contributed by atoms with Crippen molar-refractivity contribution in [3.8, 4) is 0 Å². The molecule has 0 radical (unpaired) electrons. The van der Waals surface area contributed by atoms with Gasteiger partial charge in [-0.3, -0.25) is 4.79 Å². The summed E-state index contributed by atoms with van der Waals surface area (Å²) < 4.78 is 14.7. The molecule has 2 N–H and O–H groups in total. The zero-order valence-corrected chi connectivity index (χ0v) is 16.4. The molecule has 8 nitrogen and oxygen atoms in total. The molecule has 0 saturated carbocycles. The zero-order chi connectivity index (χ0) is 19.2. The Bertz CT molecular complexity index is 649. The van der Waals surface area contributed by atoms with Crippen LogP contribution in [0, 0.1) is 5.41 Å². The summed E-state index contributed by atoms with van der Waals surface area (Å²) in [6.07, 6.45) is 1.26. The summed E-state index contributed by atoms with van der Waals surface area (Å²) in [5.41, 5.74) is -0.0342. The third-order valence-corrected chi connectivity index (χ3v) is 4.50. The summed E-state index contributed by atoms with van der Waals surface area (Å²) in [5.74, 6) is -1.43. The average molecular weight is 401 g/mol. The van der Waals surface area contributed by atoms with Gasteiger partial charge in [-0.05, 0) is 44.1 Å². The van der Waals surface area contributed by atoms with Crippen LogP contribution >= 0.6 is 12.4 Å². The fraction of sp³-hybridized carbons (Fsp3) is 0.500. The van der Waals surface area contributed by atoms with Crippen LogP contribution in [0.4, 0.5) is 5.69 Å². The molecule has 1 saturated heterocycles. The quantitative estimate of drug-likeness (QED) is 0.699. The van der Waals surface area contributed by atoms with E-state index in [1.807, 2.05) is 0 Å². The lowest BCUT2D eigenvalue weighted by Crippen LogP contribution is -2.47. The molecule has 27 heavy (non-hydrogen) atoms. The number of ether oxygens (including phenoxy) is 3. The van der Waals surface area contributed by atoms with Gasteiger partial charge in [0.05, 0.1) is 37.4 Å². The summed E-state index contributed by atoms with van der Waals surface area (Å²) in [6.45, 7) is 1.72. The van der Waals surface area contributed by atoms with E-state index >= 15 is 0 Å². The average Bonchev–Trinajstić information content (AvgIpc) is 2.67. The highest BCUT2D eigenvalue weighted by Gasteiger charge is 2.39. The molecule has 0 atom stereocenters. The molecule has 0 aromatic heterocycles. The third-order valence-electron chi connectivity index (χ3n) is 4.50. The van der Waals surface area contributed by atoms with Gasteiger partial charge in [-0.15, -0.1) is 12.4 Å². The maximum Gasteiger partial charge on any atom is 0.337 e. The topological polar surface area (TPSA) is 103 Å². The summed E-state index contributed by atoms with van der Waals surface area (Å²) in [4.78, 5) is 36.7. The summed E-state index contributed by atoms with van der Waals surface area (Å²) in [6, 6.07) is 4.30. The first-order chi connectivity index (χ1) is 12.5. The van der Waals surface area contributed by atoms with Crippen molar-refractivity contribution < 1.29 is 28.6 Å². The minimum absolute atomic E-state index is 0. The van der Waals surface area contributed by atoms with E-state index in [1.54, 1.807) is 7.11 Å². The Hall–Kier alpha value is -2.16. The van der Waals surface area contributed by atoms with Gasteiger partial charge in [0.2, 0.25) is 5.91 Å². The van der Waals surface area contributed by atoms with Crippen molar-refractivity contribution in [2.24, 2.45) is 5.41 Å². The molecule has 150 valence electrons. The number of carbonyl (C=O) groups excluding carboxylic acids is 3. The molecule has 1 aromatic rings. The minimum atomic E-state index is -0.660. The monoisotopic (exact) mass is 400 g/mol. The highest BCUT2D eigenvalue weighted by molar-refractivity contribution is 6.00. The zero-order valence-electron chi connectivity index (χ0n) is 15.6. The van der Waals surface area contributed by atoms with E-state index in [4.69, 9.17) is 14.2 Å². The first kappa shape index (κ1) is 22.9. The Morgan fingerprint density at radius 2 is 1.52 bits per heavy atom. The second kappa shape index (κ2) is 10.2. The van der Waals surface area contributed by atoms with Crippen molar-refractivity contribution in [3.05, 3.63) is 29.3 Å². The lowest BCUT2D eigenvalue weighted by Gasteiger charge is -2.35. The molecule has 1 heterocycles. The van der Waals surface area contributed by atoms with E-state index in [2.05, 4.69) is 10.6 Å². The van der Waals surface area contributed by atoms with Gasteiger partial charge in [-0.2, -0.15) is 0 Å². The van der Waals surface area contributed by atoms with E-state index in [0.717, 1.165) is 0 Å². The second-order valence-corrected chi connectivity index (χ2v) is 6.20. The number of anilines is 1. The number of halogens is 1. The number of piperidine rings is 1. The number of amides is 1. The van der Waals surface area contributed by atoms with Crippen LogP contribution in [0.5, 0.6) is 0 Å². The molecule has 9 heteroatoms. The highest BCUT2D eigenvalue weighted by Crippen LogP contribution is 2.31. The Labute approximate surface area is 164 Å². The van der Waals surface area contributed by atoms with E-state index in [-0.39, 0.29) is 29.4 Å². The van der Waals surface area contributed by atoms with Crippen LogP contribution in [-0.4, -0.2) is 58.9 Å². The van der Waals surface area contributed by atoms with Crippen molar-refractivity contribution in [3.63, 3.8) is 0 Å². The molecule has 0 spiro atoms. The number of nitrogens with one attached hydrogen (secondary N) is 2. The summed E-state index contributed by atoms with van der Waals surface area (Å²) in [5, 5.41) is 6.04. The van der Waals surface area contributed by atoms with Crippen LogP contribution < -0.4 is 10.6 Å². The van der Waals surface area contributed by atoms with Crippen LogP contribution in [0.15, 0.2) is 18.2 Å². The second-order valence-electron chi connectivity index (χ2n) is 6.20. The van der Waals surface area contributed by atoms with Crippen molar-refractivity contribution >= 4 is 35.9 Å². The van der Waals surface area contributed by atoms with Crippen LogP contribution in [0.1, 0.15) is 33.6 Å². The molecule has 1 aromatic carbocycles. The summed E-state index contributed by atoms with van der Waals surface area (Å²) >= 11 is 0. The van der Waals surface area contributed by atoms with Gasteiger partial charge >= 0.3 is 11.9 Å². The lowest BCUT2D eigenvalue weighted by molar-refractivity contribution is -0.130.